The van der Waals surface area contributed by atoms with Crippen LogP contribution in [-0.4, -0.2) is 38.1 Å². The second-order valence-corrected chi connectivity index (χ2v) is 8.34. The van der Waals surface area contributed by atoms with Crippen LogP contribution in [0, 0.1) is 0 Å². The first-order valence-corrected chi connectivity index (χ1v) is 11.5. The van der Waals surface area contributed by atoms with Crippen LogP contribution in [0.4, 0.5) is 11.4 Å². The maximum absolute atomic E-state index is 12.9. The van der Waals surface area contributed by atoms with Gasteiger partial charge in [-0.15, -0.1) is 0 Å². The van der Waals surface area contributed by atoms with Crippen molar-refractivity contribution in [3.05, 3.63) is 80.5 Å². The van der Waals surface area contributed by atoms with Crippen molar-refractivity contribution in [1.29, 1.82) is 0 Å². The topological polar surface area (TPSA) is 115 Å². The van der Waals surface area contributed by atoms with Crippen LogP contribution < -0.4 is 21.3 Å². The number of aromatic hydroxyl groups is 1. The van der Waals surface area contributed by atoms with Gasteiger partial charge in [0.25, 0.3) is 5.56 Å². The van der Waals surface area contributed by atoms with Crippen LogP contribution >= 0.6 is 11.8 Å². The molecule has 0 aliphatic rings. The van der Waals surface area contributed by atoms with E-state index in [1.54, 1.807) is 36.4 Å². The number of anilines is 1. The molecule has 0 radical (unpaired) electrons. The van der Waals surface area contributed by atoms with E-state index in [-0.39, 0.29) is 22.3 Å². The average molecular weight is 483 g/mol. The molecule has 1 amide bonds. The molecule has 34 heavy (non-hydrogen) atoms. The molecule has 1 aromatic heterocycles. The second-order valence-electron chi connectivity index (χ2n) is 7.38. The Labute approximate surface area is 200 Å². The minimum Gasteiger partial charge on any atom is -0.495 e. The second kappa shape index (κ2) is 10.9. The third-order valence-corrected chi connectivity index (χ3v) is 6.12. The summed E-state index contributed by atoms with van der Waals surface area (Å²) in [7, 11) is 4.18. The number of aryl methyl sites for hydroxylation is 1. The van der Waals surface area contributed by atoms with Crippen molar-refractivity contribution in [2.24, 2.45) is 19.1 Å². The Bertz CT molecular complexity index is 1340. The zero-order chi connectivity index (χ0) is 24.8. The van der Waals surface area contributed by atoms with Crippen LogP contribution in [0.1, 0.15) is 18.1 Å². The summed E-state index contributed by atoms with van der Waals surface area (Å²) in [5, 5.41) is 13.5. The number of nitrogens with one attached hydrogen (secondary N) is 1. The number of methoxy groups -OCH3 is 1. The molecule has 0 spiro atoms. The van der Waals surface area contributed by atoms with Crippen LogP contribution in [0.3, 0.4) is 0 Å². The van der Waals surface area contributed by atoms with Crippen molar-refractivity contribution in [3.63, 3.8) is 0 Å². The quantitative estimate of drug-likeness (QED) is 0.395. The fraction of sp³-hybridized carbons (Fsp3) is 0.250. The van der Waals surface area contributed by atoms with E-state index in [4.69, 9.17) is 4.74 Å². The van der Waals surface area contributed by atoms with Crippen molar-refractivity contribution in [2.45, 2.75) is 13.3 Å². The summed E-state index contributed by atoms with van der Waals surface area (Å²) in [4.78, 5) is 42.3. The SMILES string of the molecule is CCc1ccc(N=C(SCC(=O)Nc2ccccc2OC)c2c(O)n(C)c(=O)n(C)c2=O)cc1. The van der Waals surface area contributed by atoms with Crippen LogP contribution in [0.25, 0.3) is 0 Å². The standard InChI is InChI=1S/C24H26N4O5S/c1-5-15-10-12-16(13-11-15)25-21(20-22(30)27(2)24(32)28(3)23(20)31)34-14-19(29)26-17-8-6-7-9-18(17)33-4/h6-13,30H,5,14H2,1-4H3,(H,26,29). The molecule has 3 rings (SSSR count). The van der Waals surface area contributed by atoms with Crippen LogP contribution in [0.2, 0.25) is 0 Å². The Morgan fingerprint density at radius 3 is 2.41 bits per heavy atom. The van der Waals surface area contributed by atoms with Crippen LogP contribution in [0.5, 0.6) is 11.6 Å². The van der Waals surface area contributed by atoms with E-state index >= 15 is 0 Å². The number of aliphatic imine (C=N–C) groups is 1. The molecule has 0 unspecified atom stereocenters. The highest BCUT2D eigenvalue weighted by Crippen LogP contribution is 2.26. The summed E-state index contributed by atoms with van der Waals surface area (Å²) in [6, 6.07) is 14.4. The normalized spacial score (nSPS) is 11.4. The van der Waals surface area contributed by atoms with Gasteiger partial charge in [-0.25, -0.2) is 9.79 Å². The zero-order valence-electron chi connectivity index (χ0n) is 19.4. The molecule has 2 N–H and O–H groups in total. The van der Waals surface area contributed by atoms with E-state index in [0.717, 1.165) is 32.9 Å². The number of carbonyl (C=O) groups excluding carboxylic acids is 1. The highest BCUT2D eigenvalue weighted by Gasteiger charge is 2.22. The van der Waals surface area contributed by atoms with E-state index in [2.05, 4.69) is 10.3 Å². The van der Waals surface area contributed by atoms with Gasteiger partial charge in [-0.05, 0) is 36.2 Å². The first-order chi connectivity index (χ1) is 16.3. The highest BCUT2D eigenvalue weighted by molar-refractivity contribution is 8.15. The van der Waals surface area contributed by atoms with Gasteiger partial charge in [0.2, 0.25) is 11.8 Å². The molecular formula is C24H26N4O5S. The molecule has 178 valence electrons. The van der Waals surface area contributed by atoms with E-state index in [0.29, 0.717) is 17.1 Å². The van der Waals surface area contributed by atoms with Crippen molar-refractivity contribution < 1.29 is 14.6 Å². The molecule has 0 bridgehead atoms. The van der Waals surface area contributed by atoms with E-state index in [9.17, 15) is 19.5 Å². The fourth-order valence-electron chi connectivity index (χ4n) is 3.17. The number of amides is 1. The Balaban J connectivity index is 1.98. The lowest BCUT2D eigenvalue weighted by Crippen LogP contribution is -2.39. The predicted molar refractivity (Wildman–Crippen MR) is 135 cm³/mol. The van der Waals surface area contributed by atoms with Gasteiger partial charge < -0.3 is 15.2 Å². The maximum atomic E-state index is 12.9. The number of aromatic nitrogens is 2. The number of hydrogen-bond donors (Lipinski definition) is 2. The van der Waals surface area contributed by atoms with Crippen LogP contribution in [-0.2, 0) is 25.3 Å². The number of para-hydroxylation sites is 2. The molecule has 1 heterocycles. The minimum atomic E-state index is -0.706. The number of benzene rings is 2. The van der Waals surface area contributed by atoms with Gasteiger partial charge in [-0.1, -0.05) is 43.0 Å². The summed E-state index contributed by atoms with van der Waals surface area (Å²) >= 11 is 0.980. The Morgan fingerprint density at radius 2 is 1.76 bits per heavy atom. The summed E-state index contributed by atoms with van der Waals surface area (Å²) in [6.07, 6.45) is 0.858. The number of rotatable bonds is 7. The smallest absolute Gasteiger partial charge is 0.333 e. The molecule has 2 aromatic carbocycles. The average Bonchev–Trinajstić information content (AvgIpc) is 2.85. The van der Waals surface area contributed by atoms with Crippen molar-refractivity contribution in [2.75, 3.05) is 18.2 Å². The Hall–Kier alpha value is -3.79. The molecule has 9 nitrogen and oxygen atoms in total. The Morgan fingerprint density at radius 1 is 1.09 bits per heavy atom. The lowest BCUT2D eigenvalue weighted by atomic mass is 10.1. The molecular weight excluding hydrogens is 456 g/mol. The molecule has 0 saturated heterocycles. The summed E-state index contributed by atoms with van der Waals surface area (Å²) < 4.78 is 7.10. The summed E-state index contributed by atoms with van der Waals surface area (Å²) in [6.45, 7) is 2.03. The first kappa shape index (κ1) is 24.8. The van der Waals surface area contributed by atoms with Crippen molar-refractivity contribution >= 4 is 34.1 Å². The highest BCUT2D eigenvalue weighted by atomic mass is 32.2. The molecule has 0 aliphatic carbocycles. The molecule has 10 heteroatoms. The van der Waals surface area contributed by atoms with Crippen LogP contribution in [0.15, 0.2) is 63.1 Å². The van der Waals surface area contributed by atoms with Gasteiger partial charge in [0.1, 0.15) is 16.4 Å². The van der Waals surface area contributed by atoms with Gasteiger partial charge in [0.15, 0.2) is 0 Å². The van der Waals surface area contributed by atoms with Gasteiger partial charge in [-0.2, -0.15) is 0 Å². The lowest BCUT2D eigenvalue weighted by Gasteiger charge is -2.13. The fourth-order valence-corrected chi connectivity index (χ4v) is 4.01. The third kappa shape index (κ3) is 5.40. The Kier molecular flexibility index (Phi) is 7.95. The van der Waals surface area contributed by atoms with E-state index < -0.39 is 17.1 Å². The lowest BCUT2D eigenvalue weighted by molar-refractivity contribution is -0.113. The summed E-state index contributed by atoms with van der Waals surface area (Å²) in [5.41, 5.74) is 0.633. The monoisotopic (exact) mass is 482 g/mol. The van der Waals surface area contributed by atoms with Gasteiger partial charge in [0, 0.05) is 14.1 Å². The third-order valence-electron chi connectivity index (χ3n) is 5.14. The van der Waals surface area contributed by atoms with E-state index in [1.165, 1.54) is 21.2 Å². The molecule has 3 aromatic rings. The minimum absolute atomic E-state index is 0.102. The number of thioether (sulfide) groups is 1. The van der Waals surface area contributed by atoms with Gasteiger partial charge in [-0.3, -0.25) is 18.7 Å². The molecule has 0 aliphatic heterocycles. The first-order valence-electron chi connectivity index (χ1n) is 10.5. The zero-order valence-corrected chi connectivity index (χ0v) is 20.2. The largest absolute Gasteiger partial charge is 0.495 e. The van der Waals surface area contributed by atoms with E-state index in [1.807, 2.05) is 19.1 Å². The number of nitrogens with zero attached hydrogens (tertiary/aromatic N) is 3. The summed E-state index contributed by atoms with van der Waals surface area (Å²) in [5.74, 6) is -0.468. The number of hydrogen-bond acceptors (Lipinski definition) is 7. The molecule has 0 saturated carbocycles. The molecule has 0 fully saturated rings. The molecule has 0 atom stereocenters. The maximum Gasteiger partial charge on any atom is 0.333 e. The van der Waals surface area contributed by atoms with Crippen molar-refractivity contribution in [1.82, 2.24) is 9.13 Å². The predicted octanol–water partition coefficient (Wildman–Crippen LogP) is 2.81. The van der Waals surface area contributed by atoms with Gasteiger partial charge >= 0.3 is 5.69 Å². The number of ether oxygens (including phenoxy) is 1. The van der Waals surface area contributed by atoms with Crippen molar-refractivity contribution in [3.8, 4) is 11.6 Å². The number of carbonyl (C=O) groups is 1. The van der Waals surface area contributed by atoms with Gasteiger partial charge in [0.05, 0.1) is 24.2 Å².